The van der Waals surface area contributed by atoms with Crippen LogP contribution in [0.5, 0.6) is 0 Å². The Bertz CT molecular complexity index is 1410. The summed E-state index contributed by atoms with van der Waals surface area (Å²) in [7, 11) is 0. The summed E-state index contributed by atoms with van der Waals surface area (Å²) in [5.74, 6) is 1.58. The second-order valence-electron chi connectivity index (χ2n) is 10.5. The number of carbonyl (C=O) groups excluding carboxylic acids is 1. The van der Waals surface area contributed by atoms with E-state index in [0.717, 1.165) is 61.2 Å². The largest absolute Gasteiger partial charge is 0.375 e. The van der Waals surface area contributed by atoms with Crippen molar-refractivity contribution in [2.75, 3.05) is 36.0 Å². The first kappa shape index (κ1) is 24.3. The summed E-state index contributed by atoms with van der Waals surface area (Å²) in [6, 6.07) is 11.9. The van der Waals surface area contributed by atoms with Crippen LogP contribution in [0.2, 0.25) is 0 Å². The third-order valence-electron chi connectivity index (χ3n) is 7.78. The first-order chi connectivity index (χ1) is 18.5. The summed E-state index contributed by atoms with van der Waals surface area (Å²) < 4.78 is 5.57. The average Bonchev–Trinajstić information content (AvgIpc) is 3.51. The van der Waals surface area contributed by atoms with E-state index in [4.69, 9.17) is 9.72 Å². The minimum absolute atomic E-state index is 0.184. The highest BCUT2D eigenvalue weighted by Crippen LogP contribution is 2.32. The van der Waals surface area contributed by atoms with Crippen LogP contribution in [-0.2, 0) is 36.3 Å². The van der Waals surface area contributed by atoms with Crippen LogP contribution in [0.3, 0.4) is 0 Å². The molecule has 0 unspecified atom stereocenters. The number of hydrogen-bond donors (Lipinski definition) is 1. The van der Waals surface area contributed by atoms with Crippen LogP contribution in [0, 0.1) is 11.3 Å². The highest BCUT2D eigenvalue weighted by Gasteiger charge is 2.33. The van der Waals surface area contributed by atoms with Crippen molar-refractivity contribution in [3.8, 4) is 6.07 Å². The van der Waals surface area contributed by atoms with Crippen molar-refractivity contribution in [3.05, 3.63) is 76.2 Å². The van der Waals surface area contributed by atoms with Crippen molar-refractivity contribution < 1.29 is 9.53 Å². The van der Waals surface area contributed by atoms with Crippen LogP contribution in [0.4, 0.5) is 11.8 Å². The van der Waals surface area contributed by atoms with Gasteiger partial charge in [0.1, 0.15) is 11.2 Å². The number of rotatable bonds is 5. The number of carbonyl (C=O) groups is 1. The first-order valence-corrected chi connectivity index (χ1v) is 13.2. The Morgan fingerprint density at radius 1 is 1.11 bits per heavy atom. The van der Waals surface area contributed by atoms with E-state index in [1.54, 1.807) is 6.07 Å². The number of nitrogens with zero attached hydrogens (tertiary/aromatic N) is 6. The first-order valence-electron chi connectivity index (χ1n) is 13.2. The molecule has 3 aliphatic rings. The van der Waals surface area contributed by atoms with E-state index in [2.05, 4.69) is 37.2 Å². The zero-order valence-electron chi connectivity index (χ0n) is 21.6. The number of benzene rings is 1. The maximum Gasteiger partial charge on any atom is 0.251 e. The van der Waals surface area contributed by atoms with Crippen molar-refractivity contribution in [1.29, 1.82) is 5.26 Å². The quantitative estimate of drug-likeness (QED) is 0.559. The van der Waals surface area contributed by atoms with Crippen molar-refractivity contribution in [3.63, 3.8) is 0 Å². The van der Waals surface area contributed by atoms with Gasteiger partial charge in [-0.1, -0.05) is 6.07 Å². The summed E-state index contributed by atoms with van der Waals surface area (Å²) in [5.41, 5.74) is 4.85. The van der Waals surface area contributed by atoms with E-state index >= 15 is 0 Å². The van der Waals surface area contributed by atoms with Crippen molar-refractivity contribution in [2.45, 2.75) is 51.3 Å². The lowest BCUT2D eigenvalue weighted by Gasteiger charge is -2.30. The maximum atomic E-state index is 13.0. The van der Waals surface area contributed by atoms with Gasteiger partial charge < -0.3 is 19.9 Å². The van der Waals surface area contributed by atoms with E-state index in [1.807, 2.05) is 37.5 Å². The molecule has 2 aromatic heterocycles. The molecule has 0 radical (unpaired) electrons. The SMILES string of the molecule is C[C@@]1(C#N)COCc2ccc(C(=O)NCc3cc4c(cn3)CCN(c3ccnc(N5CCCC5)n3)C4)cc21. The summed E-state index contributed by atoms with van der Waals surface area (Å²) >= 11 is 0. The maximum absolute atomic E-state index is 13.0. The molecule has 1 atom stereocenters. The van der Waals surface area contributed by atoms with Gasteiger partial charge >= 0.3 is 0 Å². The lowest BCUT2D eigenvalue weighted by molar-refractivity contribution is 0.0757. The standard InChI is InChI=1S/C29H31N7O2/c1-29(18-30)19-38-17-22-5-4-20(13-25(22)29)27(37)33-15-24-12-23-16-36(11-7-21(23)14-32-24)26-6-8-31-28(34-26)35-9-2-3-10-35/h4-6,8,12-14H,2-3,7,9-11,15-17,19H2,1H3,(H,33,37)/t29-/m1/s1. The Kier molecular flexibility index (Phi) is 6.42. The predicted molar refractivity (Wildman–Crippen MR) is 143 cm³/mol. The lowest BCUT2D eigenvalue weighted by Crippen LogP contribution is -2.33. The highest BCUT2D eigenvalue weighted by molar-refractivity contribution is 5.94. The molecule has 3 aromatic rings. The number of anilines is 2. The third-order valence-corrected chi connectivity index (χ3v) is 7.78. The van der Waals surface area contributed by atoms with Gasteiger partial charge in [0.05, 0.1) is 31.5 Å². The Hall–Kier alpha value is -4.03. The molecule has 1 amide bonds. The number of amides is 1. The van der Waals surface area contributed by atoms with E-state index < -0.39 is 5.41 Å². The van der Waals surface area contributed by atoms with Crippen LogP contribution >= 0.6 is 0 Å². The zero-order valence-corrected chi connectivity index (χ0v) is 21.6. The van der Waals surface area contributed by atoms with Crippen molar-refractivity contribution in [1.82, 2.24) is 20.3 Å². The summed E-state index contributed by atoms with van der Waals surface area (Å²) in [6.07, 6.45) is 7.07. The molecule has 0 saturated carbocycles. The van der Waals surface area contributed by atoms with Crippen molar-refractivity contribution >= 4 is 17.7 Å². The fourth-order valence-corrected chi connectivity index (χ4v) is 5.53. The molecule has 1 aromatic carbocycles. The van der Waals surface area contributed by atoms with Crippen LogP contribution in [0.1, 0.15) is 58.1 Å². The minimum Gasteiger partial charge on any atom is -0.375 e. The van der Waals surface area contributed by atoms with Gasteiger partial charge in [-0.15, -0.1) is 0 Å². The molecule has 5 heterocycles. The van der Waals surface area contributed by atoms with Gasteiger partial charge in [0.25, 0.3) is 5.91 Å². The fourth-order valence-electron chi connectivity index (χ4n) is 5.53. The molecule has 1 fully saturated rings. The molecule has 9 heteroatoms. The average molecular weight is 510 g/mol. The number of ether oxygens (including phenoxy) is 1. The van der Waals surface area contributed by atoms with Gasteiger partial charge in [-0.05, 0) is 72.7 Å². The van der Waals surface area contributed by atoms with Crippen LogP contribution in [0.25, 0.3) is 0 Å². The molecular weight excluding hydrogens is 478 g/mol. The number of hydrogen-bond acceptors (Lipinski definition) is 8. The molecule has 1 saturated heterocycles. The monoisotopic (exact) mass is 509 g/mol. The van der Waals surface area contributed by atoms with Gasteiger partial charge in [-0.2, -0.15) is 10.2 Å². The summed E-state index contributed by atoms with van der Waals surface area (Å²) in [6.45, 7) is 6.62. The molecule has 1 N–H and O–H groups in total. The smallest absolute Gasteiger partial charge is 0.251 e. The Morgan fingerprint density at radius 3 is 2.82 bits per heavy atom. The van der Waals surface area contributed by atoms with E-state index in [0.29, 0.717) is 25.3 Å². The van der Waals surface area contributed by atoms with Gasteiger partial charge in [-0.3, -0.25) is 9.78 Å². The second-order valence-corrected chi connectivity index (χ2v) is 10.5. The van der Waals surface area contributed by atoms with Crippen molar-refractivity contribution in [2.24, 2.45) is 0 Å². The molecule has 9 nitrogen and oxygen atoms in total. The Morgan fingerprint density at radius 2 is 1.97 bits per heavy atom. The molecule has 3 aliphatic heterocycles. The van der Waals surface area contributed by atoms with Gasteiger partial charge in [0.15, 0.2) is 0 Å². The topological polar surface area (TPSA) is 107 Å². The minimum atomic E-state index is -0.755. The number of nitriles is 1. The Balaban J connectivity index is 1.14. The molecule has 0 aliphatic carbocycles. The lowest BCUT2D eigenvalue weighted by atomic mass is 9.79. The number of aromatic nitrogens is 3. The number of pyridine rings is 1. The predicted octanol–water partition coefficient (Wildman–Crippen LogP) is 3.28. The molecule has 0 spiro atoms. The van der Waals surface area contributed by atoms with Crippen LogP contribution < -0.4 is 15.1 Å². The third kappa shape index (κ3) is 4.68. The summed E-state index contributed by atoms with van der Waals surface area (Å²) in [5, 5.41) is 12.7. The van der Waals surface area contributed by atoms with Gasteiger partial charge in [0.2, 0.25) is 5.95 Å². The summed E-state index contributed by atoms with van der Waals surface area (Å²) in [4.78, 5) is 31.5. The molecule has 38 heavy (non-hydrogen) atoms. The van der Waals surface area contributed by atoms with Crippen LogP contribution in [-0.4, -0.2) is 47.1 Å². The van der Waals surface area contributed by atoms with Crippen LogP contribution in [0.15, 0.2) is 42.7 Å². The molecule has 0 bridgehead atoms. The molecular formula is C29H31N7O2. The molecule has 194 valence electrons. The van der Waals surface area contributed by atoms with E-state index in [9.17, 15) is 10.1 Å². The second kappa shape index (κ2) is 10.0. The number of nitrogens with one attached hydrogen (secondary N) is 1. The number of fused-ring (bicyclic) bond motifs is 2. The Labute approximate surface area is 222 Å². The van der Waals surface area contributed by atoms with Gasteiger partial charge in [0, 0.05) is 44.1 Å². The van der Waals surface area contributed by atoms with E-state index in [-0.39, 0.29) is 5.91 Å². The highest BCUT2D eigenvalue weighted by atomic mass is 16.5. The fraction of sp³-hybridized carbons (Fsp3) is 0.414. The molecule has 6 rings (SSSR count). The van der Waals surface area contributed by atoms with Gasteiger partial charge in [-0.25, -0.2) is 4.98 Å². The normalized spacial score (nSPS) is 20.4. The van der Waals surface area contributed by atoms with E-state index in [1.165, 1.54) is 24.0 Å². The zero-order chi connectivity index (χ0) is 26.1.